The summed E-state index contributed by atoms with van der Waals surface area (Å²) in [6.07, 6.45) is 9.81. The molecule has 21 heavy (non-hydrogen) atoms. The Morgan fingerprint density at radius 1 is 1.29 bits per heavy atom. The van der Waals surface area contributed by atoms with Crippen LogP contribution in [-0.2, 0) is 0 Å². The molecule has 0 radical (unpaired) electrons. The van der Waals surface area contributed by atoms with Crippen molar-refractivity contribution in [2.75, 3.05) is 6.54 Å². The van der Waals surface area contributed by atoms with Crippen LogP contribution in [0.3, 0.4) is 0 Å². The van der Waals surface area contributed by atoms with Crippen molar-refractivity contribution in [2.45, 2.75) is 31.7 Å². The van der Waals surface area contributed by atoms with Crippen molar-refractivity contribution in [3.63, 3.8) is 0 Å². The van der Waals surface area contributed by atoms with Crippen LogP contribution in [0, 0.1) is 0 Å². The molecule has 3 rings (SSSR count). The van der Waals surface area contributed by atoms with Crippen LogP contribution in [0.1, 0.15) is 47.8 Å². The van der Waals surface area contributed by atoms with Crippen molar-refractivity contribution in [1.29, 1.82) is 0 Å². The molecule has 3 heterocycles. The van der Waals surface area contributed by atoms with Crippen molar-refractivity contribution in [3.8, 4) is 0 Å². The Bertz CT molecular complexity index is 611. The van der Waals surface area contributed by atoms with Crippen LogP contribution in [0.15, 0.2) is 41.3 Å². The van der Waals surface area contributed by atoms with Crippen LogP contribution in [0.25, 0.3) is 0 Å². The first kappa shape index (κ1) is 14.3. The zero-order chi connectivity index (χ0) is 14.7. The number of H-pyrrole nitrogens is 1. The molecule has 110 valence electrons. The minimum atomic E-state index is 0.0735. The number of carbonyl (C=O) groups is 1. The van der Waals surface area contributed by atoms with Crippen molar-refractivity contribution in [2.24, 2.45) is 0 Å². The number of aromatic amines is 1. The Kier molecular flexibility index (Phi) is 4.39. The molecule has 0 spiro atoms. The molecule has 0 bridgehead atoms. The SMILES string of the molecule is O=C(c1cc(Br)c[nH]1)N1CCCCC[C@H]1c1ccncc1. The van der Waals surface area contributed by atoms with Gasteiger partial charge >= 0.3 is 0 Å². The molecule has 0 saturated carbocycles. The number of aromatic nitrogens is 2. The molecule has 1 atom stereocenters. The van der Waals surface area contributed by atoms with Gasteiger partial charge in [-0.05, 0) is 52.5 Å². The molecule has 2 aromatic rings. The van der Waals surface area contributed by atoms with Crippen LogP contribution < -0.4 is 0 Å². The topological polar surface area (TPSA) is 49.0 Å². The largest absolute Gasteiger partial charge is 0.356 e. The molecule has 1 saturated heterocycles. The normalized spacial score (nSPS) is 19.3. The van der Waals surface area contributed by atoms with Crippen molar-refractivity contribution < 1.29 is 4.79 Å². The lowest BCUT2D eigenvalue weighted by molar-refractivity contribution is 0.0675. The molecule has 2 aromatic heterocycles. The zero-order valence-corrected chi connectivity index (χ0v) is 13.3. The number of carbonyl (C=O) groups excluding carboxylic acids is 1. The van der Waals surface area contributed by atoms with Gasteiger partial charge < -0.3 is 9.88 Å². The molecular weight excluding hydrogens is 330 g/mol. The van der Waals surface area contributed by atoms with E-state index >= 15 is 0 Å². The second-order valence-corrected chi connectivity index (χ2v) is 6.29. The maximum atomic E-state index is 12.8. The van der Waals surface area contributed by atoms with Gasteiger partial charge in [-0.3, -0.25) is 9.78 Å². The van der Waals surface area contributed by atoms with E-state index in [2.05, 4.69) is 25.9 Å². The number of amides is 1. The minimum absolute atomic E-state index is 0.0735. The van der Waals surface area contributed by atoms with Crippen LogP contribution in [0.2, 0.25) is 0 Å². The van der Waals surface area contributed by atoms with E-state index in [0.717, 1.165) is 30.3 Å². The van der Waals surface area contributed by atoms with E-state index in [-0.39, 0.29) is 11.9 Å². The quantitative estimate of drug-likeness (QED) is 0.894. The lowest BCUT2D eigenvalue weighted by Gasteiger charge is -2.30. The molecule has 0 unspecified atom stereocenters. The standard InChI is InChI=1S/C16H18BrN3O/c17-13-10-14(19-11-13)16(21)20-9-3-1-2-4-15(20)12-5-7-18-8-6-12/h5-8,10-11,15,19H,1-4,9H2/t15-/m0/s1. The number of hydrogen-bond acceptors (Lipinski definition) is 2. The van der Waals surface area contributed by atoms with E-state index in [1.807, 2.05) is 23.1 Å². The second-order valence-electron chi connectivity index (χ2n) is 5.38. The van der Waals surface area contributed by atoms with E-state index in [1.165, 1.54) is 12.0 Å². The Balaban J connectivity index is 1.90. The first-order chi connectivity index (χ1) is 10.3. The number of likely N-dealkylation sites (tertiary alicyclic amines) is 1. The third kappa shape index (κ3) is 3.18. The number of nitrogens with zero attached hydrogens (tertiary/aromatic N) is 2. The number of hydrogen-bond donors (Lipinski definition) is 1. The molecule has 0 aliphatic carbocycles. The Morgan fingerprint density at radius 3 is 2.81 bits per heavy atom. The van der Waals surface area contributed by atoms with Crippen LogP contribution in [-0.4, -0.2) is 27.3 Å². The summed E-state index contributed by atoms with van der Waals surface area (Å²) in [5.74, 6) is 0.0735. The monoisotopic (exact) mass is 347 g/mol. The minimum Gasteiger partial charge on any atom is -0.356 e. The van der Waals surface area contributed by atoms with Gasteiger partial charge in [0.2, 0.25) is 0 Å². The number of rotatable bonds is 2. The Labute approximate surface area is 132 Å². The highest BCUT2D eigenvalue weighted by molar-refractivity contribution is 9.10. The summed E-state index contributed by atoms with van der Waals surface area (Å²) in [6.45, 7) is 0.808. The molecule has 1 amide bonds. The first-order valence-corrected chi connectivity index (χ1v) is 8.10. The van der Waals surface area contributed by atoms with Gasteiger partial charge in [-0.15, -0.1) is 0 Å². The van der Waals surface area contributed by atoms with E-state index in [9.17, 15) is 4.79 Å². The summed E-state index contributed by atoms with van der Waals surface area (Å²) in [7, 11) is 0. The lowest BCUT2D eigenvalue weighted by atomic mass is 10.0. The van der Waals surface area contributed by atoms with Gasteiger partial charge in [0, 0.05) is 29.6 Å². The lowest BCUT2D eigenvalue weighted by Crippen LogP contribution is -2.35. The molecule has 1 aliphatic rings. The van der Waals surface area contributed by atoms with Gasteiger partial charge in [0.25, 0.3) is 5.91 Å². The van der Waals surface area contributed by atoms with Gasteiger partial charge in [0.05, 0.1) is 6.04 Å². The maximum Gasteiger partial charge on any atom is 0.270 e. The fourth-order valence-corrected chi connectivity index (χ4v) is 3.27. The average molecular weight is 348 g/mol. The molecule has 4 nitrogen and oxygen atoms in total. The van der Waals surface area contributed by atoms with E-state index in [4.69, 9.17) is 0 Å². The second kappa shape index (κ2) is 6.43. The number of halogens is 1. The predicted molar refractivity (Wildman–Crippen MR) is 85.0 cm³/mol. The molecule has 1 fully saturated rings. The number of nitrogens with one attached hydrogen (secondary N) is 1. The number of pyridine rings is 1. The van der Waals surface area contributed by atoms with Crippen LogP contribution in [0.4, 0.5) is 0 Å². The third-order valence-electron chi connectivity index (χ3n) is 3.98. The van der Waals surface area contributed by atoms with Gasteiger partial charge in [-0.25, -0.2) is 0 Å². The molecule has 5 heteroatoms. The van der Waals surface area contributed by atoms with Crippen LogP contribution in [0.5, 0.6) is 0 Å². The van der Waals surface area contributed by atoms with Crippen molar-refractivity contribution in [1.82, 2.24) is 14.9 Å². The summed E-state index contributed by atoms with van der Waals surface area (Å²) in [5, 5.41) is 0. The third-order valence-corrected chi connectivity index (χ3v) is 4.44. The Hall–Kier alpha value is -1.62. The highest BCUT2D eigenvalue weighted by Gasteiger charge is 2.28. The van der Waals surface area contributed by atoms with Crippen molar-refractivity contribution >= 4 is 21.8 Å². The fraction of sp³-hybridized carbons (Fsp3) is 0.375. The average Bonchev–Trinajstić information content (AvgIpc) is 2.81. The van der Waals surface area contributed by atoms with E-state index in [0.29, 0.717) is 5.69 Å². The van der Waals surface area contributed by atoms with E-state index in [1.54, 1.807) is 18.6 Å². The summed E-state index contributed by atoms with van der Waals surface area (Å²) >= 11 is 3.39. The van der Waals surface area contributed by atoms with Gasteiger partial charge in [0.1, 0.15) is 5.69 Å². The van der Waals surface area contributed by atoms with Gasteiger partial charge in [-0.2, -0.15) is 0 Å². The highest BCUT2D eigenvalue weighted by atomic mass is 79.9. The summed E-state index contributed by atoms with van der Waals surface area (Å²) in [5.41, 5.74) is 1.81. The fourth-order valence-electron chi connectivity index (χ4n) is 2.93. The first-order valence-electron chi connectivity index (χ1n) is 7.30. The van der Waals surface area contributed by atoms with Crippen LogP contribution >= 0.6 is 15.9 Å². The summed E-state index contributed by atoms with van der Waals surface area (Å²) in [6, 6.07) is 6.02. The maximum absolute atomic E-state index is 12.8. The van der Waals surface area contributed by atoms with E-state index < -0.39 is 0 Å². The zero-order valence-electron chi connectivity index (χ0n) is 11.8. The summed E-state index contributed by atoms with van der Waals surface area (Å²) in [4.78, 5) is 21.9. The van der Waals surface area contributed by atoms with Gasteiger partial charge in [0.15, 0.2) is 0 Å². The predicted octanol–water partition coefficient (Wildman–Crippen LogP) is 3.93. The molecule has 1 N–H and O–H groups in total. The van der Waals surface area contributed by atoms with Gasteiger partial charge in [-0.1, -0.05) is 12.8 Å². The Morgan fingerprint density at radius 2 is 2.10 bits per heavy atom. The molecule has 1 aliphatic heterocycles. The molecule has 0 aromatic carbocycles. The highest BCUT2D eigenvalue weighted by Crippen LogP contribution is 2.31. The smallest absolute Gasteiger partial charge is 0.270 e. The molecular formula is C16H18BrN3O. The van der Waals surface area contributed by atoms with Crippen molar-refractivity contribution in [3.05, 3.63) is 52.5 Å². The summed E-state index contributed by atoms with van der Waals surface area (Å²) < 4.78 is 0.904.